The summed E-state index contributed by atoms with van der Waals surface area (Å²) in [6.07, 6.45) is 0. The van der Waals surface area contributed by atoms with Crippen LogP contribution in [0.4, 0.5) is 5.69 Å². The highest BCUT2D eigenvalue weighted by Crippen LogP contribution is 2.31. The molecule has 1 saturated heterocycles. The van der Waals surface area contributed by atoms with Crippen molar-refractivity contribution in [2.75, 3.05) is 44.8 Å². The molecule has 1 aliphatic rings. The maximum Gasteiger partial charge on any atom is 0.262 e. The van der Waals surface area contributed by atoms with Gasteiger partial charge in [0.05, 0.1) is 19.8 Å². The molecule has 0 saturated carbocycles. The molecule has 9 heteroatoms. The Hall–Kier alpha value is -3.14. The summed E-state index contributed by atoms with van der Waals surface area (Å²) in [5.41, 5.74) is 0.344. The zero-order chi connectivity index (χ0) is 23.3. The number of rotatable bonds is 8. The highest BCUT2D eigenvalue weighted by Gasteiger charge is 2.29. The lowest BCUT2D eigenvalue weighted by atomic mass is 10.1. The summed E-state index contributed by atoms with van der Waals surface area (Å²) in [6, 6.07) is 18.0. The van der Waals surface area contributed by atoms with E-state index in [1.54, 1.807) is 25.1 Å². The van der Waals surface area contributed by atoms with Crippen LogP contribution in [0.1, 0.15) is 6.92 Å². The van der Waals surface area contributed by atoms with Gasteiger partial charge in [-0.15, -0.1) is 0 Å². The first-order valence-corrected chi connectivity index (χ1v) is 12.2. The van der Waals surface area contributed by atoms with Crippen molar-refractivity contribution in [2.24, 2.45) is 0 Å². The molecule has 0 radical (unpaired) electrons. The number of nitrogens with one attached hydrogen (secondary N) is 1. The maximum absolute atomic E-state index is 13.2. The minimum Gasteiger partial charge on any atom is -0.492 e. The van der Waals surface area contributed by atoms with Gasteiger partial charge in [-0.2, -0.15) is 4.31 Å². The van der Waals surface area contributed by atoms with Gasteiger partial charge in [0, 0.05) is 24.2 Å². The third kappa shape index (κ3) is 5.27. The van der Waals surface area contributed by atoms with Crippen LogP contribution < -0.4 is 14.8 Å². The van der Waals surface area contributed by atoms with Crippen molar-refractivity contribution < 1.29 is 27.4 Å². The number of carbonyl (C=O) groups is 1. The van der Waals surface area contributed by atoms with E-state index in [0.29, 0.717) is 31.3 Å². The molecule has 3 aromatic carbocycles. The minimum atomic E-state index is -3.81. The number of anilines is 1. The number of carbonyl (C=O) groups excluding carboxylic acids is 1. The van der Waals surface area contributed by atoms with Crippen LogP contribution in [-0.2, 0) is 19.6 Å². The third-order valence-electron chi connectivity index (χ3n) is 5.22. The Bertz CT molecular complexity index is 1230. The Kier molecular flexibility index (Phi) is 7.12. The van der Waals surface area contributed by atoms with E-state index >= 15 is 0 Å². The van der Waals surface area contributed by atoms with Gasteiger partial charge in [-0.3, -0.25) is 4.79 Å². The number of nitrogens with zero attached hydrogens (tertiary/aromatic N) is 1. The Morgan fingerprint density at radius 3 is 2.55 bits per heavy atom. The molecule has 0 unspecified atom stereocenters. The Morgan fingerprint density at radius 2 is 1.76 bits per heavy atom. The van der Waals surface area contributed by atoms with Crippen molar-refractivity contribution in [1.29, 1.82) is 0 Å². The smallest absolute Gasteiger partial charge is 0.262 e. The van der Waals surface area contributed by atoms with Gasteiger partial charge in [0.25, 0.3) is 5.91 Å². The molecule has 1 N–H and O–H groups in total. The van der Waals surface area contributed by atoms with Gasteiger partial charge in [-0.1, -0.05) is 36.4 Å². The molecule has 0 atom stereocenters. The predicted octanol–water partition coefficient (Wildman–Crippen LogP) is 3.28. The fraction of sp³-hybridized carbons (Fsp3) is 0.292. The van der Waals surface area contributed by atoms with E-state index < -0.39 is 15.9 Å². The lowest BCUT2D eigenvalue weighted by Crippen LogP contribution is -2.40. The van der Waals surface area contributed by atoms with Crippen molar-refractivity contribution in [3.63, 3.8) is 0 Å². The number of ether oxygens (including phenoxy) is 3. The fourth-order valence-electron chi connectivity index (χ4n) is 3.65. The molecule has 0 aromatic heterocycles. The summed E-state index contributed by atoms with van der Waals surface area (Å²) in [5, 5.41) is 4.64. The van der Waals surface area contributed by atoms with Crippen LogP contribution in [0, 0.1) is 0 Å². The van der Waals surface area contributed by atoms with E-state index in [9.17, 15) is 13.2 Å². The molecule has 1 amide bonds. The van der Waals surface area contributed by atoms with Gasteiger partial charge < -0.3 is 19.5 Å². The van der Waals surface area contributed by atoms with E-state index in [0.717, 1.165) is 10.8 Å². The van der Waals surface area contributed by atoms with Crippen LogP contribution in [0.3, 0.4) is 0 Å². The van der Waals surface area contributed by atoms with Crippen LogP contribution in [0.2, 0.25) is 0 Å². The monoisotopic (exact) mass is 470 g/mol. The summed E-state index contributed by atoms with van der Waals surface area (Å²) in [6.45, 7) is 3.09. The van der Waals surface area contributed by atoms with Gasteiger partial charge in [-0.25, -0.2) is 8.42 Å². The summed E-state index contributed by atoms with van der Waals surface area (Å²) >= 11 is 0. The number of fused-ring (bicyclic) bond motifs is 1. The molecule has 0 bridgehead atoms. The molecule has 0 aliphatic carbocycles. The first kappa shape index (κ1) is 23.0. The summed E-state index contributed by atoms with van der Waals surface area (Å²) in [5.74, 6) is 0.446. The predicted molar refractivity (Wildman–Crippen MR) is 125 cm³/mol. The topological polar surface area (TPSA) is 94.2 Å². The average molecular weight is 471 g/mol. The molecular weight excluding hydrogens is 444 g/mol. The molecule has 3 aromatic rings. The summed E-state index contributed by atoms with van der Waals surface area (Å²) in [7, 11) is -3.81. The first-order chi connectivity index (χ1) is 16.0. The Balaban J connectivity index is 1.50. The van der Waals surface area contributed by atoms with Crippen LogP contribution in [-0.4, -0.2) is 58.1 Å². The first-order valence-electron chi connectivity index (χ1n) is 10.7. The number of morpholine rings is 1. The number of hydrogen-bond acceptors (Lipinski definition) is 6. The molecule has 1 aliphatic heterocycles. The zero-order valence-corrected chi connectivity index (χ0v) is 19.1. The Labute approximate surface area is 193 Å². The second kappa shape index (κ2) is 10.2. The highest BCUT2D eigenvalue weighted by molar-refractivity contribution is 7.89. The van der Waals surface area contributed by atoms with Gasteiger partial charge in [0.15, 0.2) is 6.61 Å². The lowest BCUT2D eigenvalue weighted by molar-refractivity contribution is -0.118. The van der Waals surface area contributed by atoms with Crippen molar-refractivity contribution in [1.82, 2.24) is 4.31 Å². The van der Waals surface area contributed by atoms with E-state index in [1.807, 2.05) is 36.4 Å². The number of sulfonamides is 1. The molecule has 174 valence electrons. The van der Waals surface area contributed by atoms with Crippen molar-refractivity contribution in [3.8, 4) is 11.5 Å². The van der Waals surface area contributed by atoms with Crippen molar-refractivity contribution in [2.45, 2.75) is 11.8 Å². The molecule has 33 heavy (non-hydrogen) atoms. The minimum absolute atomic E-state index is 0.0130. The van der Waals surface area contributed by atoms with E-state index in [1.165, 1.54) is 10.4 Å². The number of hydrogen-bond donors (Lipinski definition) is 1. The van der Waals surface area contributed by atoms with Gasteiger partial charge >= 0.3 is 0 Å². The van der Waals surface area contributed by atoms with Crippen molar-refractivity contribution in [3.05, 3.63) is 60.7 Å². The van der Waals surface area contributed by atoms with Crippen LogP contribution in [0.5, 0.6) is 11.5 Å². The van der Waals surface area contributed by atoms with Gasteiger partial charge in [0.2, 0.25) is 10.0 Å². The maximum atomic E-state index is 13.2. The second-order valence-corrected chi connectivity index (χ2v) is 9.33. The number of benzene rings is 3. The molecule has 1 heterocycles. The highest BCUT2D eigenvalue weighted by atomic mass is 32.2. The normalized spacial score (nSPS) is 14.7. The third-order valence-corrected chi connectivity index (χ3v) is 7.14. The van der Waals surface area contributed by atoms with E-state index in [4.69, 9.17) is 14.2 Å². The quantitative estimate of drug-likeness (QED) is 0.543. The SMILES string of the molecule is CCOc1ccc(NC(=O)COc2cccc3ccccc23)cc1S(=O)(=O)N1CCOCC1. The molecule has 0 spiro atoms. The molecule has 4 rings (SSSR count). The summed E-state index contributed by atoms with van der Waals surface area (Å²) < 4.78 is 44.3. The fourth-order valence-corrected chi connectivity index (χ4v) is 5.22. The zero-order valence-electron chi connectivity index (χ0n) is 18.3. The molecular formula is C24H26N2O6S. The average Bonchev–Trinajstić information content (AvgIpc) is 2.84. The van der Waals surface area contributed by atoms with E-state index in [2.05, 4.69) is 5.32 Å². The van der Waals surface area contributed by atoms with Crippen molar-refractivity contribution >= 4 is 32.4 Å². The van der Waals surface area contributed by atoms with Crippen LogP contribution in [0.15, 0.2) is 65.6 Å². The number of amides is 1. The van der Waals surface area contributed by atoms with Crippen LogP contribution in [0.25, 0.3) is 10.8 Å². The van der Waals surface area contributed by atoms with Gasteiger partial charge in [0.1, 0.15) is 16.4 Å². The summed E-state index contributed by atoms with van der Waals surface area (Å²) in [4.78, 5) is 12.6. The van der Waals surface area contributed by atoms with Crippen LogP contribution >= 0.6 is 0 Å². The second-order valence-electron chi connectivity index (χ2n) is 7.43. The lowest BCUT2D eigenvalue weighted by Gasteiger charge is -2.27. The molecule has 8 nitrogen and oxygen atoms in total. The van der Waals surface area contributed by atoms with Gasteiger partial charge in [-0.05, 0) is 36.6 Å². The Morgan fingerprint density at radius 1 is 1.00 bits per heavy atom. The standard InChI is InChI=1S/C24H26N2O6S/c1-2-31-22-11-10-19(16-23(22)33(28,29)26-12-14-30-15-13-26)25-24(27)17-32-21-9-5-7-18-6-3-4-8-20(18)21/h3-11,16H,2,12-15,17H2,1H3,(H,25,27). The largest absolute Gasteiger partial charge is 0.492 e. The van der Waals surface area contributed by atoms with E-state index in [-0.39, 0.29) is 30.3 Å². The molecule has 1 fully saturated rings.